The number of unbranched alkanes of at least 4 members (excludes halogenated alkanes) is 1. The number of ether oxygens (including phenoxy) is 1. The number of hydrogen-bond donors (Lipinski definition) is 2. The molecule has 3 heterocycles. The summed E-state index contributed by atoms with van der Waals surface area (Å²) in [7, 11) is 0. The molecule has 47 heavy (non-hydrogen) atoms. The lowest BCUT2D eigenvalue weighted by Gasteiger charge is -2.10. The van der Waals surface area contributed by atoms with Crippen molar-refractivity contribution in [3.63, 3.8) is 0 Å². The normalized spacial score (nSPS) is 12.2. The van der Waals surface area contributed by atoms with Crippen LogP contribution in [-0.4, -0.2) is 43.1 Å². The predicted octanol–water partition coefficient (Wildman–Crippen LogP) is 6.45. The van der Waals surface area contributed by atoms with Crippen LogP contribution in [0.2, 0.25) is 0 Å². The summed E-state index contributed by atoms with van der Waals surface area (Å²) in [5.74, 6) is -1.77. The van der Waals surface area contributed by atoms with Crippen molar-refractivity contribution in [3.05, 3.63) is 76.2 Å². The lowest BCUT2D eigenvalue weighted by Crippen LogP contribution is -2.23. The Labute approximate surface area is 263 Å². The molecule has 0 saturated carbocycles. The second-order valence-corrected chi connectivity index (χ2v) is 10.9. The zero-order valence-electron chi connectivity index (χ0n) is 23.6. The summed E-state index contributed by atoms with van der Waals surface area (Å²) >= 11 is 0.953. The number of carbonyl (C=O) groups is 2. The van der Waals surface area contributed by atoms with Gasteiger partial charge in [0.1, 0.15) is 28.8 Å². The Balaban J connectivity index is 1.19. The van der Waals surface area contributed by atoms with Crippen molar-refractivity contribution < 1.29 is 53.8 Å². The second kappa shape index (κ2) is 14.3. The SMILES string of the molecule is O=C(Cc1cccc(OC(F)(F)F)c1)Nc1ccc(CCCCc2nnc(NC(=O)Cn3nc(C(F)(F)F)cc3C(F)(F)F)s2)cn1. The highest BCUT2D eigenvalue weighted by molar-refractivity contribution is 7.15. The molecular weight excluding hydrogens is 673 g/mol. The van der Waals surface area contributed by atoms with Crippen LogP contribution in [-0.2, 0) is 47.7 Å². The molecule has 0 aliphatic rings. The number of benzene rings is 1. The van der Waals surface area contributed by atoms with E-state index in [2.05, 4.69) is 35.7 Å². The van der Waals surface area contributed by atoms with E-state index in [1.165, 1.54) is 12.1 Å². The smallest absolute Gasteiger partial charge is 0.406 e. The van der Waals surface area contributed by atoms with Crippen LogP contribution < -0.4 is 15.4 Å². The van der Waals surface area contributed by atoms with Crippen LogP contribution in [0, 0.1) is 0 Å². The molecule has 0 radical (unpaired) electrons. The van der Waals surface area contributed by atoms with Crippen molar-refractivity contribution in [1.29, 1.82) is 0 Å². The van der Waals surface area contributed by atoms with E-state index in [9.17, 15) is 49.1 Å². The lowest BCUT2D eigenvalue weighted by atomic mass is 10.1. The maximum atomic E-state index is 13.1. The molecule has 10 nitrogen and oxygen atoms in total. The summed E-state index contributed by atoms with van der Waals surface area (Å²) in [4.78, 5) is 28.7. The van der Waals surface area contributed by atoms with Gasteiger partial charge in [0, 0.05) is 18.7 Å². The summed E-state index contributed by atoms with van der Waals surface area (Å²) in [6.07, 6.45) is -11.5. The molecule has 252 valence electrons. The van der Waals surface area contributed by atoms with Gasteiger partial charge >= 0.3 is 18.7 Å². The van der Waals surface area contributed by atoms with E-state index in [0.29, 0.717) is 36.3 Å². The van der Waals surface area contributed by atoms with E-state index in [0.717, 1.165) is 29.0 Å². The first-order valence-corrected chi connectivity index (χ1v) is 14.2. The number of aryl methyl sites for hydroxylation is 2. The molecule has 0 aliphatic heterocycles. The molecular formula is C27H22F9N7O3S. The van der Waals surface area contributed by atoms with Crippen molar-refractivity contribution in [2.75, 3.05) is 10.6 Å². The number of anilines is 2. The highest BCUT2D eigenvalue weighted by Gasteiger charge is 2.42. The zero-order valence-corrected chi connectivity index (χ0v) is 24.4. The minimum absolute atomic E-state index is 0.0501. The van der Waals surface area contributed by atoms with Gasteiger partial charge in [-0.1, -0.05) is 29.5 Å². The van der Waals surface area contributed by atoms with E-state index in [-0.39, 0.29) is 28.1 Å². The van der Waals surface area contributed by atoms with Crippen LogP contribution in [0.15, 0.2) is 48.7 Å². The van der Waals surface area contributed by atoms with Gasteiger partial charge in [0.05, 0.1) is 6.42 Å². The summed E-state index contributed by atoms with van der Waals surface area (Å²) in [6, 6.07) is 8.18. The Morgan fingerprint density at radius 1 is 0.830 bits per heavy atom. The molecule has 0 atom stereocenters. The first-order valence-electron chi connectivity index (χ1n) is 13.4. The molecule has 0 spiro atoms. The van der Waals surface area contributed by atoms with Crippen LogP contribution in [0.3, 0.4) is 0 Å². The monoisotopic (exact) mass is 695 g/mol. The Hall–Kier alpha value is -4.75. The third-order valence-electron chi connectivity index (χ3n) is 6.06. The van der Waals surface area contributed by atoms with Crippen molar-refractivity contribution in [2.24, 2.45) is 0 Å². The Morgan fingerprint density at radius 3 is 2.23 bits per heavy atom. The lowest BCUT2D eigenvalue weighted by molar-refractivity contribution is -0.274. The minimum atomic E-state index is -5.17. The third kappa shape index (κ3) is 10.9. The van der Waals surface area contributed by atoms with E-state index >= 15 is 0 Å². The van der Waals surface area contributed by atoms with Crippen molar-refractivity contribution in [1.82, 2.24) is 25.0 Å². The van der Waals surface area contributed by atoms with Gasteiger partial charge < -0.3 is 10.1 Å². The quantitative estimate of drug-likeness (QED) is 0.129. The molecule has 2 amide bonds. The van der Waals surface area contributed by atoms with Gasteiger partial charge in [0.2, 0.25) is 16.9 Å². The summed E-state index contributed by atoms with van der Waals surface area (Å²) < 4.78 is 119. The number of rotatable bonds is 12. The number of nitrogens with one attached hydrogen (secondary N) is 2. The van der Waals surface area contributed by atoms with Gasteiger partial charge in [0.25, 0.3) is 0 Å². The summed E-state index contributed by atoms with van der Waals surface area (Å²) in [6.45, 7) is -1.13. The van der Waals surface area contributed by atoms with Crippen LogP contribution in [0.1, 0.15) is 40.4 Å². The fourth-order valence-corrected chi connectivity index (χ4v) is 4.88. The van der Waals surface area contributed by atoms with Gasteiger partial charge in [-0.05, 0) is 48.6 Å². The molecule has 1 aromatic carbocycles. The molecule has 4 aromatic rings. The largest absolute Gasteiger partial charge is 0.573 e. The molecule has 3 aromatic heterocycles. The van der Waals surface area contributed by atoms with Crippen LogP contribution >= 0.6 is 11.3 Å². The number of pyridine rings is 1. The average Bonchev–Trinajstić information content (AvgIpc) is 3.58. The van der Waals surface area contributed by atoms with Crippen LogP contribution in [0.5, 0.6) is 5.75 Å². The number of hydrogen-bond acceptors (Lipinski definition) is 8. The van der Waals surface area contributed by atoms with Crippen LogP contribution in [0.25, 0.3) is 0 Å². The second-order valence-electron chi connectivity index (χ2n) is 9.80. The van der Waals surface area contributed by atoms with E-state index in [1.54, 1.807) is 18.3 Å². The molecule has 0 unspecified atom stereocenters. The van der Waals surface area contributed by atoms with Gasteiger partial charge in [-0.25, -0.2) is 4.98 Å². The number of halogens is 9. The average molecular weight is 696 g/mol. The van der Waals surface area contributed by atoms with Gasteiger partial charge in [-0.3, -0.25) is 19.6 Å². The number of carbonyl (C=O) groups excluding carboxylic acids is 2. The molecule has 0 bridgehead atoms. The minimum Gasteiger partial charge on any atom is -0.406 e. The van der Waals surface area contributed by atoms with Gasteiger partial charge in [-0.2, -0.15) is 31.4 Å². The first-order chi connectivity index (χ1) is 21.9. The molecule has 20 heteroatoms. The van der Waals surface area contributed by atoms with Gasteiger partial charge in [0.15, 0.2) is 5.69 Å². The predicted molar refractivity (Wildman–Crippen MR) is 147 cm³/mol. The number of alkyl halides is 9. The summed E-state index contributed by atoms with van der Waals surface area (Å²) in [5.41, 5.74) is -2.36. The molecule has 0 fully saturated rings. The van der Waals surface area contributed by atoms with Crippen LogP contribution in [0.4, 0.5) is 50.5 Å². The highest BCUT2D eigenvalue weighted by atomic mass is 32.1. The fraction of sp³-hybridized carbons (Fsp3) is 0.333. The Kier molecular flexibility index (Phi) is 10.7. The fourth-order valence-electron chi connectivity index (χ4n) is 4.08. The Bertz CT molecular complexity index is 1680. The molecule has 0 aliphatic carbocycles. The standard InChI is InChI=1S/C27H22F9N7O3S/c28-25(29,30)18-12-19(26(31,32)33)43(42-18)14-22(45)39-24-41-40-23(47-24)7-2-1-4-15-8-9-20(37-13-15)38-21(44)11-16-5-3-6-17(10-16)46-27(34,35)36/h3,5-6,8-10,12-13H,1-2,4,7,11,14H2,(H,37,38,44)(H,39,41,45). The van der Waals surface area contributed by atoms with E-state index in [4.69, 9.17) is 0 Å². The topological polar surface area (TPSA) is 124 Å². The molecule has 0 saturated heterocycles. The summed E-state index contributed by atoms with van der Waals surface area (Å²) in [5, 5.41) is 15.7. The van der Waals surface area contributed by atoms with E-state index in [1.807, 2.05) is 0 Å². The first kappa shape index (κ1) is 35.1. The maximum Gasteiger partial charge on any atom is 0.573 e. The van der Waals surface area contributed by atoms with E-state index < -0.39 is 54.2 Å². The third-order valence-corrected chi connectivity index (χ3v) is 6.96. The Morgan fingerprint density at radius 2 is 1.57 bits per heavy atom. The maximum absolute atomic E-state index is 13.1. The van der Waals surface area contributed by atoms with Crippen molar-refractivity contribution in [3.8, 4) is 5.75 Å². The number of nitrogens with zero attached hydrogens (tertiary/aromatic N) is 5. The zero-order chi connectivity index (χ0) is 34.4. The molecule has 2 N–H and O–H groups in total. The number of aromatic nitrogens is 5. The number of amides is 2. The highest BCUT2D eigenvalue weighted by Crippen LogP contribution is 2.35. The van der Waals surface area contributed by atoms with Crippen molar-refractivity contribution in [2.45, 2.75) is 57.4 Å². The molecule has 4 rings (SSSR count). The van der Waals surface area contributed by atoms with Crippen molar-refractivity contribution >= 4 is 34.1 Å². The van der Waals surface area contributed by atoms with Gasteiger partial charge in [-0.15, -0.1) is 23.4 Å².